The number of anilines is 1. The molecule has 1 saturated carbocycles. The maximum Gasteiger partial charge on any atom is 0.230 e. The van der Waals surface area contributed by atoms with Gasteiger partial charge in [0.2, 0.25) is 5.91 Å². The standard InChI is InChI=1S/C34H35FN6O2S/c1-22(40-11-13-43-14-12-40)15-28-16-24(7-9-36-28)25-8-10-41-30(20-37-32(41)18-25)27-6-5-26(29(35)17-27)19-33(42)39-34-38-21-31(44-34)23-3-2-4-23/h5-10,16-18,20-23H,2-4,11-15,19H2,1H3,(H,38,39,42). The van der Waals surface area contributed by atoms with Crippen LogP contribution in [0.3, 0.4) is 0 Å². The Morgan fingerprint density at radius 1 is 1.05 bits per heavy atom. The number of benzene rings is 1. The molecule has 1 amide bonds. The van der Waals surface area contributed by atoms with Gasteiger partial charge in [0.15, 0.2) is 5.13 Å². The van der Waals surface area contributed by atoms with Gasteiger partial charge in [-0.05, 0) is 72.7 Å². The van der Waals surface area contributed by atoms with Crippen LogP contribution in [0.1, 0.15) is 48.2 Å². The molecule has 1 atom stereocenters. The molecule has 0 radical (unpaired) electrons. The zero-order chi connectivity index (χ0) is 30.0. The highest BCUT2D eigenvalue weighted by molar-refractivity contribution is 7.15. The van der Waals surface area contributed by atoms with E-state index in [4.69, 9.17) is 4.74 Å². The van der Waals surface area contributed by atoms with Crippen LogP contribution >= 0.6 is 11.3 Å². The van der Waals surface area contributed by atoms with Crippen LogP contribution in [-0.4, -0.2) is 62.5 Å². The lowest BCUT2D eigenvalue weighted by Gasteiger charge is -2.32. The molecule has 8 nitrogen and oxygen atoms in total. The summed E-state index contributed by atoms with van der Waals surface area (Å²) in [5.74, 6) is -0.130. The Labute approximate surface area is 260 Å². The van der Waals surface area contributed by atoms with Crippen LogP contribution in [0, 0.1) is 5.82 Å². The minimum Gasteiger partial charge on any atom is -0.379 e. The van der Waals surface area contributed by atoms with Crippen molar-refractivity contribution in [2.24, 2.45) is 0 Å². The van der Waals surface area contributed by atoms with Gasteiger partial charge in [-0.25, -0.2) is 14.4 Å². The van der Waals surface area contributed by atoms with Crippen LogP contribution in [0.25, 0.3) is 28.0 Å². The lowest BCUT2D eigenvalue weighted by Crippen LogP contribution is -2.43. The van der Waals surface area contributed by atoms with Gasteiger partial charge in [0, 0.05) is 60.3 Å². The van der Waals surface area contributed by atoms with Crippen molar-refractivity contribution in [2.75, 3.05) is 31.6 Å². The predicted octanol–water partition coefficient (Wildman–Crippen LogP) is 6.37. The molecule has 0 bridgehead atoms. The first kappa shape index (κ1) is 28.8. The van der Waals surface area contributed by atoms with E-state index in [1.165, 1.54) is 41.5 Å². The highest BCUT2D eigenvalue weighted by Gasteiger charge is 2.22. The molecule has 5 aromatic rings. The Balaban J connectivity index is 1.03. The fraction of sp³-hybridized carbons (Fsp3) is 0.353. The van der Waals surface area contributed by atoms with Crippen LogP contribution in [0.4, 0.5) is 9.52 Å². The number of pyridine rings is 2. The Morgan fingerprint density at radius 2 is 1.89 bits per heavy atom. The van der Waals surface area contributed by atoms with E-state index < -0.39 is 5.82 Å². The molecule has 5 heterocycles. The number of aromatic nitrogens is 4. The average Bonchev–Trinajstić information content (AvgIpc) is 3.64. The summed E-state index contributed by atoms with van der Waals surface area (Å²) in [4.78, 5) is 29.9. The first-order valence-corrected chi connectivity index (χ1v) is 16.1. The number of imidazole rings is 1. The van der Waals surface area contributed by atoms with Crippen molar-refractivity contribution in [3.63, 3.8) is 0 Å². The fourth-order valence-corrected chi connectivity index (χ4v) is 7.01. The zero-order valence-corrected chi connectivity index (χ0v) is 25.5. The second kappa shape index (κ2) is 12.6. The molecule has 44 heavy (non-hydrogen) atoms. The van der Waals surface area contributed by atoms with Gasteiger partial charge in [-0.15, -0.1) is 11.3 Å². The van der Waals surface area contributed by atoms with E-state index in [2.05, 4.69) is 38.2 Å². The number of hydrogen-bond donors (Lipinski definition) is 1. The predicted molar refractivity (Wildman–Crippen MR) is 170 cm³/mol. The van der Waals surface area contributed by atoms with Crippen molar-refractivity contribution < 1.29 is 13.9 Å². The van der Waals surface area contributed by atoms with Gasteiger partial charge in [-0.3, -0.25) is 19.1 Å². The summed E-state index contributed by atoms with van der Waals surface area (Å²) in [7, 11) is 0. The number of nitrogens with one attached hydrogen (secondary N) is 1. The number of carbonyl (C=O) groups excluding carboxylic acids is 1. The summed E-state index contributed by atoms with van der Waals surface area (Å²) in [6.07, 6.45) is 11.9. The number of halogens is 1. The average molecular weight is 611 g/mol. The number of nitrogens with zero attached hydrogens (tertiary/aromatic N) is 5. The Kier molecular flexibility index (Phi) is 8.20. The fourth-order valence-electron chi connectivity index (χ4n) is 6.01. The van der Waals surface area contributed by atoms with Crippen molar-refractivity contribution in [2.45, 2.75) is 51.0 Å². The summed E-state index contributed by atoms with van der Waals surface area (Å²) < 4.78 is 22.6. The molecule has 1 aliphatic heterocycles. The number of hydrogen-bond acceptors (Lipinski definition) is 7. The quantitative estimate of drug-likeness (QED) is 0.209. The van der Waals surface area contributed by atoms with E-state index in [9.17, 15) is 4.79 Å². The number of rotatable bonds is 9. The van der Waals surface area contributed by atoms with E-state index in [1.807, 2.05) is 47.3 Å². The van der Waals surface area contributed by atoms with Gasteiger partial charge in [0.05, 0.1) is 31.5 Å². The van der Waals surface area contributed by atoms with Gasteiger partial charge in [-0.1, -0.05) is 18.6 Å². The van der Waals surface area contributed by atoms with Crippen LogP contribution in [0.5, 0.6) is 0 Å². The van der Waals surface area contributed by atoms with Gasteiger partial charge >= 0.3 is 0 Å². The Hall–Kier alpha value is -3.99. The SMILES string of the molecule is CC(Cc1cc(-c2ccn3c(-c4ccc(CC(=O)Nc5ncc(C6CCC6)s5)c(F)c4)cnc3c2)ccn1)N1CCOCC1. The molecule has 1 saturated heterocycles. The summed E-state index contributed by atoms with van der Waals surface area (Å²) in [6, 6.07) is 13.6. The van der Waals surface area contributed by atoms with E-state index in [1.54, 1.807) is 12.3 Å². The molecule has 10 heteroatoms. The molecular weight excluding hydrogens is 575 g/mol. The molecule has 2 fully saturated rings. The van der Waals surface area contributed by atoms with Crippen molar-refractivity contribution >= 4 is 28.0 Å². The summed E-state index contributed by atoms with van der Waals surface area (Å²) in [5, 5.41) is 3.40. The summed E-state index contributed by atoms with van der Waals surface area (Å²) in [6.45, 7) is 5.72. The molecule has 4 aromatic heterocycles. The van der Waals surface area contributed by atoms with E-state index in [0.29, 0.717) is 28.2 Å². The lowest BCUT2D eigenvalue weighted by molar-refractivity contribution is -0.115. The number of amides is 1. The summed E-state index contributed by atoms with van der Waals surface area (Å²) >= 11 is 1.51. The van der Waals surface area contributed by atoms with Crippen molar-refractivity contribution in [1.29, 1.82) is 0 Å². The second-order valence-corrected chi connectivity index (χ2v) is 12.8. The molecule has 0 spiro atoms. The summed E-state index contributed by atoms with van der Waals surface area (Å²) in [5.41, 5.74) is 5.77. The highest BCUT2D eigenvalue weighted by Crippen LogP contribution is 2.40. The van der Waals surface area contributed by atoms with Crippen LogP contribution < -0.4 is 5.32 Å². The molecule has 1 unspecified atom stereocenters. The van der Waals surface area contributed by atoms with Gasteiger partial charge in [0.1, 0.15) is 11.5 Å². The van der Waals surface area contributed by atoms with Crippen LogP contribution in [0.2, 0.25) is 0 Å². The molecule has 1 aliphatic carbocycles. The second-order valence-electron chi connectivity index (χ2n) is 11.8. The maximum absolute atomic E-state index is 15.2. The molecule has 1 aromatic carbocycles. The Morgan fingerprint density at radius 3 is 2.68 bits per heavy atom. The van der Waals surface area contributed by atoms with Crippen molar-refractivity contribution in [1.82, 2.24) is 24.3 Å². The molecule has 2 aliphatic rings. The number of morpholine rings is 1. The highest BCUT2D eigenvalue weighted by atomic mass is 32.1. The largest absolute Gasteiger partial charge is 0.379 e. The zero-order valence-electron chi connectivity index (χ0n) is 24.7. The van der Waals surface area contributed by atoms with Gasteiger partial charge in [0.25, 0.3) is 0 Å². The third-order valence-corrected chi connectivity index (χ3v) is 9.89. The van der Waals surface area contributed by atoms with Gasteiger partial charge in [-0.2, -0.15) is 0 Å². The third-order valence-electron chi connectivity index (χ3n) is 8.81. The topological polar surface area (TPSA) is 84.7 Å². The van der Waals surface area contributed by atoms with Crippen LogP contribution in [-0.2, 0) is 22.4 Å². The first-order chi connectivity index (χ1) is 21.5. The Bertz CT molecular complexity index is 1790. The van der Waals surface area contributed by atoms with Crippen LogP contribution in [0.15, 0.2) is 67.3 Å². The minimum atomic E-state index is -0.422. The number of thiazole rings is 1. The minimum absolute atomic E-state index is 0.0554. The third kappa shape index (κ3) is 6.15. The maximum atomic E-state index is 15.2. The van der Waals surface area contributed by atoms with Crippen molar-refractivity contribution in [3.05, 3.63) is 89.2 Å². The van der Waals surface area contributed by atoms with Crippen molar-refractivity contribution in [3.8, 4) is 22.4 Å². The molecule has 1 N–H and O–H groups in total. The number of fused-ring (bicyclic) bond motifs is 1. The molecule has 7 rings (SSSR count). The van der Waals surface area contributed by atoms with E-state index >= 15 is 4.39 Å². The van der Waals surface area contributed by atoms with E-state index in [-0.39, 0.29) is 12.3 Å². The number of ether oxygens (including phenoxy) is 1. The first-order valence-electron chi connectivity index (χ1n) is 15.3. The lowest BCUT2D eigenvalue weighted by atomic mass is 9.85. The smallest absolute Gasteiger partial charge is 0.230 e. The normalized spacial score (nSPS) is 16.6. The molecular formula is C34H35FN6O2S. The number of carbonyl (C=O) groups is 1. The van der Waals surface area contributed by atoms with E-state index in [0.717, 1.165) is 60.9 Å². The monoisotopic (exact) mass is 610 g/mol. The van der Waals surface area contributed by atoms with Gasteiger partial charge < -0.3 is 10.1 Å². The molecule has 226 valence electrons.